The second-order valence-electron chi connectivity index (χ2n) is 3.12. The van der Waals surface area contributed by atoms with Crippen molar-refractivity contribution in [3.63, 3.8) is 0 Å². The maximum atomic E-state index is 13.4. The molecule has 1 aromatic rings. The molecule has 0 heterocycles. The monoisotopic (exact) mass is 243 g/mol. The van der Waals surface area contributed by atoms with Crippen LogP contribution in [0.2, 0.25) is 5.02 Å². The molecular formula is C11H11ClFNO2. The molecule has 0 saturated carbocycles. The maximum Gasteiger partial charge on any atom is 0.337 e. The molecule has 0 amide bonds. The van der Waals surface area contributed by atoms with Gasteiger partial charge in [0.05, 0.1) is 10.6 Å². The summed E-state index contributed by atoms with van der Waals surface area (Å²) < 4.78 is 13.4. The molecule has 0 radical (unpaired) electrons. The third-order valence-electron chi connectivity index (χ3n) is 1.94. The van der Waals surface area contributed by atoms with Crippen LogP contribution in [-0.4, -0.2) is 24.7 Å². The van der Waals surface area contributed by atoms with Crippen molar-refractivity contribution < 1.29 is 14.3 Å². The molecule has 0 aromatic heterocycles. The molecule has 0 unspecified atom stereocenters. The fourth-order valence-electron chi connectivity index (χ4n) is 1.16. The third kappa shape index (κ3) is 3.05. The van der Waals surface area contributed by atoms with Crippen molar-refractivity contribution in [1.29, 1.82) is 0 Å². The van der Waals surface area contributed by atoms with E-state index >= 15 is 0 Å². The van der Waals surface area contributed by atoms with E-state index in [1.54, 1.807) is 19.2 Å². The molecule has 1 aromatic carbocycles. The molecule has 0 bridgehead atoms. The molecule has 1 rings (SSSR count). The average Bonchev–Trinajstić information content (AvgIpc) is 2.22. The number of hydrogen-bond donors (Lipinski definition) is 2. The summed E-state index contributed by atoms with van der Waals surface area (Å²) in [6.45, 7) is 0.595. The van der Waals surface area contributed by atoms with Gasteiger partial charge >= 0.3 is 5.97 Å². The van der Waals surface area contributed by atoms with Crippen molar-refractivity contribution in [2.75, 3.05) is 13.6 Å². The van der Waals surface area contributed by atoms with Crippen LogP contribution in [0.15, 0.2) is 18.2 Å². The molecular weight excluding hydrogens is 233 g/mol. The molecule has 3 nitrogen and oxygen atoms in total. The van der Waals surface area contributed by atoms with Crippen molar-refractivity contribution in [3.8, 4) is 0 Å². The van der Waals surface area contributed by atoms with Gasteiger partial charge in [0, 0.05) is 12.1 Å². The quantitative estimate of drug-likeness (QED) is 0.854. The van der Waals surface area contributed by atoms with E-state index in [-0.39, 0.29) is 16.1 Å². The molecule has 2 N–H and O–H groups in total. The van der Waals surface area contributed by atoms with Crippen molar-refractivity contribution >= 4 is 23.6 Å². The lowest BCUT2D eigenvalue weighted by Crippen LogP contribution is -2.04. The lowest BCUT2D eigenvalue weighted by Gasteiger charge is -2.02. The number of rotatable bonds is 4. The Labute approximate surface area is 97.5 Å². The summed E-state index contributed by atoms with van der Waals surface area (Å²) in [6.07, 6.45) is 3.26. The Balaban J connectivity index is 3.05. The first kappa shape index (κ1) is 12.7. The molecule has 0 aliphatic rings. The molecule has 5 heteroatoms. The van der Waals surface area contributed by atoms with Crippen LogP contribution in [0.25, 0.3) is 6.08 Å². The minimum atomic E-state index is -1.24. The fourth-order valence-corrected chi connectivity index (χ4v) is 1.41. The maximum absolute atomic E-state index is 13.4. The van der Waals surface area contributed by atoms with Gasteiger partial charge in [-0.1, -0.05) is 23.8 Å². The summed E-state index contributed by atoms with van der Waals surface area (Å²) in [7, 11) is 1.77. The highest BCUT2D eigenvalue weighted by Crippen LogP contribution is 2.21. The van der Waals surface area contributed by atoms with Crippen molar-refractivity contribution in [2.24, 2.45) is 0 Å². The van der Waals surface area contributed by atoms with E-state index in [9.17, 15) is 9.18 Å². The summed E-state index contributed by atoms with van der Waals surface area (Å²) in [4.78, 5) is 10.7. The predicted molar refractivity (Wildman–Crippen MR) is 61.3 cm³/mol. The molecule has 16 heavy (non-hydrogen) atoms. The van der Waals surface area contributed by atoms with Gasteiger partial charge in [-0.05, 0) is 19.2 Å². The van der Waals surface area contributed by atoms with E-state index in [1.165, 1.54) is 6.07 Å². The van der Waals surface area contributed by atoms with Gasteiger partial charge < -0.3 is 10.4 Å². The van der Waals surface area contributed by atoms with E-state index in [0.29, 0.717) is 6.54 Å². The van der Waals surface area contributed by atoms with Crippen molar-refractivity contribution in [1.82, 2.24) is 5.32 Å². The van der Waals surface area contributed by atoms with Gasteiger partial charge in [-0.3, -0.25) is 0 Å². The number of carbonyl (C=O) groups is 1. The summed E-state index contributed by atoms with van der Waals surface area (Å²) >= 11 is 5.71. The topological polar surface area (TPSA) is 49.3 Å². The zero-order valence-corrected chi connectivity index (χ0v) is 9.38. The van der Waals surface area contributed by atoms with E-state index in [2.05, 4.69) is 5.32 Å². The van der Waals surface area contributed by atoms with Crippen LogP contribution in [0.1, 0.15) is 15.9 Å². The number of hydrogen-bond acceptors (Lipinski definition) is 2. The van der Waals surface area contributed by atoms with Crippen LogP contribution in [0.4, 0.5) is 4.39 Å². The highest BCUT2D eigenvalue weighted by molar-refractivity contribution is 6.33. The minimum absolute atomic E-state index is 0.0259. The first-order valence-corrected chi connectivity index (χ1v) is 4.97. The lowest BCUT2D eigenvalue weighted by molar-refractivity contribution is 0.0696. The largest absolute Gasteiger partial charge is 0.478 e. The highest BCUT2D eigenvalue weighted by atomic mass is 35.5. The molecule has 86 valence electrons. The van der Waals surface area contributed by atoms with E-state index in [4.69, 9.17) is 16.7 Å². The number of nitrogens with one attached hydrogen (secondary N) is 1. The Morgan fingerprint density at radius 2 is 2.31 bits per heavy atom. The van der Waals surface area contributed by atoms with Gasteiger partial charge in [-0.15, -0.1) is 0 Å². The second-order valence-corrected chi connectivity index (χ2v) is 3.53. The Kier molecular flexibility index (Phi) is 4.46. The van der Waals surface area contributed by atoms with Crippen LogP contribution in [0.3, 0.4) is 0 Å². The Morgan fingerprint density at radius 1 is 1.62 bits per heavy atom. The van der Waals surface area contributed by atoms with E-state index < -0.39 is 11.8 Å². The summed E-state index contributed by atoms with van der Waals surface area (Å²) in [6, 6.07) is 2.22. The molecule has 0 aliphatic heterocycles. The second kappa shape index (κ2) is 5.63. The average molecular weight is 244 g/mol. The van der Waals surface area contributed by atoms with Gasteiger partial charge in [0.15, 0.2) is 0 Å². The number of carboxylic acid groups (broad SMARTS) is 1. The third-order valence-corrected chi connectivity index (χ3v) is 2.25. The van der Waals surface area contributed by atoms with Crippen LogP contribution < -0.4 is 5.32 Å². The molecule has 0 atom stereocenters. The number of carboxylic acids is 1. The molecule has 0 fully saturated rings. The summed E-state index contributed by atoms with van der Waals surface area (Å²) in [5.41, 5.74) is 0.0372. The van der Waals surface area contributed by atoms with Gasteiger partial charge in [-0.25, -0.2) is 9.18 Å². The summed E-state index contributed by atoms with van der Waals surface area (Å²) in [5, 5.41) is 11.6. The van der Waals surface area contributed by atoms with Crippen LogP contribution in [0, 0.1) is 5.82 Å². The molecule has 0 aliphatic carbocycles. The van der Waals surface area contributed by atoms with Crippen molar-refractivity contribution in [3.05, 3.63) is 40.2 Å². The Morgan fingerprint density at radius 3 is 2.88 bits per heavy atom. The van der Waals surface area contributed by atoms with E-state index in [1.807, 2.05) is 0 Å². The normalized spacial score (nSPS) is 10.9. The SMILES string of the molecule is CNCC=Cc1cc(Cl)c(C(=O)O)cc1F. The standard InChI is InChI=1S/C11H11ClFNO2/c1-14-4-2-3-7-5-9(12)8(11(15)16)6-10(7)13/h2-3,5-6,14H,4H2,1H3,(H,15,16). The zero-order valence-electron chi connectivity index (χ0n) is 8.63. The first-order valence-electron chi connectivity index (χ1n) is 4.59. The smallest absolute Gasteiger partial charge is 0.337 e. The minimum Gasteiger partial charge on any atom is -0.478 e. The Bertz CT molecular complexity index is 432. The number of likely N-dealkylation sites (N-methyl/N-ethyl adjacent to an activating group) is 1. The number of halogens is 2. The lowest BCUT2D eigenvalue weighted by atomic mass is 10.1. The molecule has 0 saturated heterocycles. The predicted octanol–water partition coefficient (Wildman–Crippen LogP) is 2.41. The van der Waals surface area contributed by atoms with Gasteiger partial charge in [0.25, 0.3) is 0 Å². The first-order chi connectivity index (χ1) is 7.56. The van der Waals surface area contributed by atoms with Crippen molar-refractivity contribution in [2.45, 2.75) is 0 Å². The summed E-state index contributed by atoms with van der Waals surface area (Å²) in [5.74, 6) is -1.84. The number of benzene rings is 1. The van der Waals surface area contributed by atoms with Gasteiger partial charge in [0.1, 0.15) is 5.82 Å². The zero-order chi connectivity index (χ0) is 12.1. The van der Waals surface area contributed by atoms with Gasteiger partial charge in [-0.2, -0.15) is 0 Å². The van der Waals surface area contributed by atoms with Crippen LogP contribution in [0.5, 0.6) is 0 Å². The Hall–Kier alpha value is -1.39. The van der Waals surface area contributed by atoms with E-state index in [0.717, 1.165) is 6.07 Å². The van der Waals surface area contributed by atoms with Crippen LogP contribution >= 0.6 is 11.6 Å². The molecule has 0 spiro atoms. The van der Waals surface area contributed by atoms with Crippen LogP contribution in [-0.2, 0) is 0 Å². The highest BCUT2D eigenvalue weighted by Gasteiger charge is 2.12. The number of aromatic carboxylic acids is 1. The fraction of sp³-hybridized carbons (Fsp3) is 0.182. The van der Waals surface area contributed by atoms with Gasteiger partial charge in [0.2, 0.25) is 0 Å².